The molecular formula is C21H24N4O2. The third-order valence-corrected chi connectivity index (χ3v) is 4.23. The highest BCUT2D eigenvalue weighted by Crippen LogP contribution is 2.31. The van der Waals surface area contributed by atoms with E-state index in [2.05, 4.69) is 45.1 Å². The smallest absolute Gasteiger partial charge is 0.190 e. The van der Waals surface area contributed by atoms with Crippen LogP contribution < -0.4 is 15.4 Å². The van der Waals surface area contributed by atoms with Gasteiger partial charge in [0.1, 0.15) is 11.4 Å². The molecule has 0 aliphatic heterocycles. The standard InChI is InChI=1S/C21H24N4O2/c1-22-14-16-9-7-15(8-10-16)11-12-27-20-13-18(24-25-21(20)23-2)17-5-3-4-6-19(17)26/h3-10,13,22,26H,11-12,14H2,1-2H3,(H,23,25). The van der Waals surface area contributed by atoms with Crippen LogP contribution in [0.2, 0.25) is 0 Å². The van der Waals surface area contributed by atoms with Crippen LogP contribution in [0.15, 0.2) is 54.6 Å². The minimum Gasteiger partial charge on any atom is -0.507 e. The average Bonchev–Trinajstić information content (AvgIpc) is 2.70. The molecule has 6 heteroatoms. The first-order valence-electron chi connectivity index (χ1n) is 8.90. The number of nitrogens with one attached hydrogen (secondary N) is 2. The SMILES string of the molecule is CNCc1ccc(CCOc2cc(-c3ccccc3O)nnc2NC)cc1. The van der Waals surface area contributed by atoms with Crippen molar-refractivity contribution in [3.8, 4) is 22.8 Å². The Morgan fingerprint density at radius 3 is 2.41 bits per heavy atom. The Labute approximate surface area is 159 Å². The Balaban J connectivity index is 1.70. The Hall–Kier alpha value is -3.12. The van der Waals surface area contributed by atoms with Crippen LogP contribution in [0.5, 0.6) is 11.5 Å². The molecule has 1 aromatic heterocycles. The van der Waals surface area contributed by atoms with E-state index in [0.29, 0.717) is 29.4 Å². The second kappa shape index (κ2) is 9.00. The van der Waals surface area contributed by atoms with Crippen molar-refractivity contribution in [1.29, 1.82) is 0 Å². The third-order valence-electron chi connectivity index (χ3n) is 4.23. The molecule has 3 N–H and O–H groups in total. The summed E-state index contributed by atoms with van der Waals surface area (Å²) in [6.07, 6.45) is 0.789. The van der Waals surface area contributed by atoms with Gasteiger partial charge in [-0.05, 0) is 30.3 Å². The number of ether oxygens (including phenoxy) is 1. The summed E-state index contributed by atoms with van der Waals surface area (Å²) < 4.78 is 5.95. The van der Waals surface area contributed by atoms with Gasteiger partial charge < -0.3 is 20.5 Å². The molecule has 140 valence electrons. The van der Waals surface area contributed by atoms with E-state index in [-0.39, 0.29) is 5.75 Å². The molecule has 3 aromatic rings. The Kier molecular flexibility index (Phi) is 6.22. The molecule has 0 amide bonds. The third kappa shape index (κ3) is 4.74. The van der Waals surface area contributed by atoms with Crippen LogP contribution in [0.25, 0.3) is 11.3 Å². The molecule has 2 aromatic carbocycles. The largest absolute Gasteiger partial charge is 0.507 e. The van der Waals surface area contributed by atoms with Gasteiger partial charge in [0.2, 0.25) is 0 Å². The Bertz CT molecular complexity index is 882. The average molecular weight is 364 g/mol. The van der Waals surface area contributed by atoms with Crippen molar-refractivity contribution in [2.24, 2.45) is 0 Å². The highest BCUT2D eigenvalue weighted by molar-refractivity contribution is 5.69. The molecular weight excluding hydrogens is 340 g/mol. The van der Waals surface area contributed by atoms with Crippen molar-refractivity contribution in [2.45, 2.75) is 13.0 Å². The van der Waals surface area contributed by atoms with Crippen LogP contribution in [-0.2, 0) is 13.0 Å². The number of anilines is 1. The van der Waals surface area contributed by atoms with Crippen LogP contribution in [-0.4, -0.2) is 36.0 Å². The first-order chi connectivity index (χ1) is 13.2. The van der Waals surface area contributed by atoms with E-state index in [9.17, 15) is 5.11 Å². The number of aromatic nitrogens is 2. The molecule has 0 aliphatic carbocycles. The van der Waals surface area contributed by atoms with E-state index >= 15 is 0 Å². The number of hydrogen-bond donors (Lipinski definition) is 3. The van der Waals surface area contributed by atoms with Gasteiger partial charge in [0.05, 0.1) is 6.61 Å². The van der Waals surface area contributed by atoms with Crippen molar-refractivity contribution < 1.29 is 9.84 Å². The first kappa shape index (κ1) is 18.7. The minimum atomic E-state index is 0.164. The minimum absolute atomic E-state index is 0.164. The maximum atomic E-state index is 10.0. The van der Waals surface area contributed by atoms with Gasteiger partial charge in [0.15, 0.2) is 11.6 Å². The number of phenols is 1. The van der Waals surface area contributed by atoms with Crippen LogP contribution in [0.1, 0.15) is 11.1 Å². The monoisotopic (exact) mass is 364 g/mol. The van der Waals surface area contributed by atoms with E-state index in [1.54, 1.807) is 31.3 Å². The lowest BCUT2D eigenvalue weighted by Gasteiger charge is -2.12. The zero-order chi connectivity index (χ0) is 19.1. The number of hydrogen-bond acceptors (Lipinski definition) is 6. The van der Waals surface area contributed by atoms with Gasteiger partial charge in [-0.3, -0.25) is 0 Å². The number of phenolic OH excluding ortho intramolecular Hbond substituents is 1. The molecule has 0 unspecified atom stereocenters. The highest BCUT2D eigenvalue weighted by atomic mass is 16.5. The fourth-order valence-electron chi connectivity index (χ4n) is 2.79. The molecule has 0 saturated heterocycles. The Morgan fingerprint density at radius 1 is 0.963 bits per heavy atom. The Morgan fingerprint density at radius 2 is 1.70 bits per heavy atom. The van der Waals surface area contributed by atoms with Crippen LogP contribution in [0.4, 0.5) is 5.82 Å². The topological polar surface area (TPSA) is 79.3 Å². The van der Waals surface area contributed by atoms with Crippen molar-refractivity contribution >= 4 is 5.82 Å². The van der Waals surface area contributed by atoms with Crippen LogP contribution >= 0.6 is 0 Å². The molecule has 0 fully saturated rings. The fraction of sp³-hybridized carbons (Fsp3) is 0.238. The van der Waals surface area contributed by atoms with Gasteiger partial charge in [-0.25, -0.2) is 0 Å². The van der Waals surface area contributed by atoms with Crippen LogP contribution in [0, 0.1) is 0 Å². The molecule has 0 aliphatic rings. The van der Waals surface area contributed by atoms with Gasteiger partial charge in [-0.15, -0.1) is 10.2 Å². The van der Waals surface area contributed by atoms with Crippen molar-refractivity contribution in [3.63, 3.8) is 0 Å². The van der Waals surface area contributed by atoms with E-state index in [4.69, 9.17) is 4.74 Å². The molecule has 0 saturated carbocycles. The molecule has 6 nitrogen and oxygen atoms in total. The van der Waals surface area contributed by atoms with Gasteiger partial charge in [0.25, 0.3) is 0 Å². The second-order valence-corrected chi connectivity index (χ2v) is 6.15. The molecule has 0 bridgehead atoms. The summed E-state index contributed by atoms with van der Waals surface area (Å²) in [6.45, 7) is 1.38. The highest BCUT2D eigenvalue weighted by Gasteiger charge is 2.11. The summed E-state index contributed by atoms with van der Waals surface area (Å²) in [5.74, 6) is 1.34. The quantitative estimate of drug-likeness (QED) is 0.569. The van der Waals surface area contributed by atoms with Gasteiger partial charge in [-0.1, -0.05) is 36.4 Å². The summed E-state index contributed by atoms with van der Waals surface area (Å²) in [6, 6.07) is 17.3. The van der Waals surface area contributed by atoms with Crippen molar-refractivity contribution in [3.05, 3.63) is 65.7 Å². The van der Waals surface area contributed by atoms with Crippen LogP contribution in [0.3, 0.4) is 0 Å². The van der Waals surface area contributed by atoms with Gasteiger partial charge >= 0.3 is 0 Å². The van der Waals surface area contributed by atoms with Gasteiger partial charge in [-0.2, -0.15) is 0 Å². The maximum absolute atomic E-state index is 10.0. The normalized spacial score (nSPS) is 10.6. The molecule has 0 radical (unpaired) electrons. The van der Waals surface area contributed by atoms with Gasteiger partial charge in [0, 0.05) is 31.6 Å². The predicted octanol–water partition coefficient (Wildman–Crippen LogP) is 3.23. The molecule has 1 heterocycles. The number of nitrogens with zero attached hydrogens (tertiary/aromatic N) is 2. The zero-order valence-corrected chi connectivity index (χ0v) is 15.6. The van der Waals surface area contributed by atoms with E-state index in [1.807, 2.05) is 13.1 Å². The summed E-state index contributed by atoms with van der Waals surface area (Å²) in [4.78, 5) is 0. The number of para-hydroxylation sites is 1. The molecule has 0 atom stereocenters. The summed E-state index contributed by atoms with van der Waals surface area (Å²) in [5.41, 5.74) is 3.66. The van der Waals surface area contributed by atoms with Crippen molar-refractivity contribution in [1.82, 2.24) is 15.5 Å². The zero-order valence-electron chi connectivity index (χ0n) is 15.6. The summed E-state index contributed by atoms with van der Waals surface area (Å²) in [7, 11) is 3.71. The van der Waals surface area contributed by atoms with E-state index in [1.165, 1.54) is 11.1 Å². The first-order valence-corrected chi connectivity index (χ1v) is 8.90. The molecule has 3 rings (SSSR count). The molecule has 27 heavy (non-hydrogen) atoms. The lowest BCUT2D eigenvalue weighted by atomic mass is 10.1. The van der Waals surface area contributed by atoms with Crippen molar-refractivity contribution in [2.75, 3.05) is 26.0 Å². The lowest BCUT2D eigenvalue weighted by molar-refractivity contribution is 0.322. The predicted molar refractivity (Wildman–Crippen MR) is 107 cm³/mol. The number of benzene rings is 2. The second-order valence-electron chi connectivity index (χ2n) is 6.15. The summed E-state index contributed by atoms with van der Waals surface area (Å²) in [5, 5.41) is 24.5. The lowest BCUT2D eigenvalue weighted by Crippen LogP contribution is -2.07. The maximum Gasteiger partial charge on any atom is 0.190 e. The fourth-order valence-corrected chi connectivity index (χ4v) is 2.79. The number of aromatic hydroxyl groups is 1. The molecule has 0 spiro atoms. The number of rotatable bonds is 8. The van der Waals surface area contributed by atoms with E-state index < -0.39 is 0 Å². The van der Waals surface area contributed by atoms with E-state index in [0.717, 1.165) is 13.0 Å². The summed E-state index contributed by atoms with van der Waals surface area (Å²) >= 11 is 0.